The van der Waals surface area contributed by atoms with Crippen molar-refractivity contribution in [1.82, 2.24) is 9.97 Å². The van der Waals surface area contributed by atoms with Gasteiger partial charge in [-0.2, -0.15) is 0 Å². The van der Waals surface area contributed by atoms with Crippen LogP contribution in [0, 0.1) is 11.8 Å². The molecule has 0 aliphatic carbocycles. The van der Waals surface area contributed by atoms with Crippen LogP contribution in [0.2, 0.25) is 0 Å². The average molecular weight is 279 g/mol. The van der Waals surface area contributed by atoms with Crippen molar-refractivity contribution in [3.05, 3.63) is 18.1 Å². The topological polar surface area (TPSA) is 75.1 Å². The van der Waals surface area contributed by atoms with E-state index in [1.54, 1.807) is 6.33 Å². The highest BCUT2D eigenvalue weighted by Gasteiger charge is 2.15. The van der Waals surface area contributed by atoms with Gasteiger partial charge in [0.1, 0.15) is 12.1 Å². The van der Waals surface area contributed by atoms with Gasteiger partial charge in [-0.1, -0.05) is 27.2 Å². The number of rotatable bonds is 9. The quantitative estimate of drug-likeness (QED) is 0.727. The summed E-state index contributed by atoms with van der Waals surface area (Å²) in [6, 6.07) is 1.94. The van der Waals surface area contributed by atoms with Crippen molar-refractivity contribution >= 4 is 11.8 Å². The van der Waals surface area contributed by atoms with Crippen LogP contribution in [0.1, 0.15) is 45.7 Å². The molecule has 0 fully saturated rings. The summed E-state index contributed by atoms with van der Waals surface area (Å²) in [5.74, 6) is 0.647. The highest BCUT2D eigenvalue weighted by Crippen LogP contribution is 2.16. The molecule has 0 bridgehead atoms. The number of aliphatic carboxylic acids is 1. The summed E-state index contributed by atoms with van der Waals surface area (Å²) in [5, 5.41) is 12.2. The van der Waals surface area contributed by atoms with E-state index in [0.717, 1.165) is 30.8 Å². The zero-order valence-electron chi connectivity index (χ0n) is 12.6. The summed E-state index contributed by atoms with van der Waals surface area (Å²) < 4.78 is 0. The minimum atomic E-state index is -0.744. The smallest absolute Gasteiger partial charge is 0.303 e. The Labute approximate surface area is 120 Å². The number of anilines is 1. The lowest BCUT2D eigenvalue weighted by Gasteiger charge is -2.18. The summed E-state index contributed by atoms with van der Waals surface area (Å²) in [6.45, 7) is 6.96. The zero-order chi connectivity index (χ0) is 15.0. The van der Waals surface area contributed by atoms with Crippen LogP contribution in [0.25, 0.3) is 0 Å². The van der Waals surface area contributed by atoms with Gasteiger partial charge < -0.3 is 10.4 Å². The SMILES string of the molecule is CCCc1cc(NCC(CC(=O)O)CC(C)C)ncn1. The van der Waals surface area contributed by atoms with E-state index in [1.807, 2.05) is 6.07 Å². The zero-order valence-corrected chi connectivity index (χ0v) is 12.6. The van der Waals surface area contributed by atoms with Crippen LogP contribution >= 0.6 is 0 Å². The maximum absolute atomic E-state index is 10.9. The van der Waals surface area contributed by atoms with Crippen molar-refractivity contribution in [2.75, 3.05) is 11.9 Å². The molecule has 0 aromatic carbocycles. The average Bonchev–Trinajstić information content (AvgIpc) is 2.35. The van der Waals surface area contributed by atoms with Gasteiger partial charge in [0.25, 0.3) is 0 Å². The molecule has 1 rings (SSSR count). The van der Waals surface area contributed by atoms with Crippen LogP contribution < -0.4 is 5.32 Å². The third kappa shape index (κ3) is 6.50. The Balaban J connectivity index is 2.57. The molecule has 20 heavy (non-hydrogen) atoms. The molecule has 0 amide bonds. The third-order valence-electron chi connectivity index (χ3n) is 3.07. The first-order valence-corrected chi connectivity index (χ1v) is 7.27. The fraction of sp³-hybridized carbons (Fsp3) is 0.667. The lowest BCUT2D eigenvalue weighted by Crippen LogP contribution is -2.20. The summed E-state index contributed by atoms with van der Waals surface area (Å²) in [5.41, 5.74) is 1.02. The van der Waals surface area contributed by atoms with Gasteiger partial charge in [-0.15, -0.1) is 0 Å². The highest BCUT2D eigenvalue weighted by atomic mass is 16.4. The first kappa shape index (κ1) is 16.4. The third-order valence-corrected chi connectivity index (χ3v) is 3.07. The minimum Gasteiger partial charge on any atom is -0.481 e. The second-order valence-corrected chi connectivity index (χ2v) is 5.62. The first-order valence-electron chi connectivity index (χ1n) is 7.27. The maximum atomic E-state index is 10.9. The van der Waals surface area contributed by atoms with E-state index in [9.17, 15) is 4.79 Å². The van der Waals surface area contributed by atoms with Gasteiger partial charge in [-0.3, -0.25) is 4.79 Å². The van der Waals surface area contributed by atoms with Crippen LogP contribution in [-0.2, 0) is 11.2 Å². The predicted octanol–water partition coefficient (Wildman–Crippen LogP) is 2.98. The van der Waals surface area contributed by atoms with E-state index in [4.69, 9.17) is 5.11 Å². The van der Waals surface area contributed by atoms with Crippen molar-refractivity contribution in [1.29, 1.82) is 0 Å². The van der Waals surface area contributed by atoms with E-state index < -0.39 is 5.97 Å². The second kappa shape index (κ2) is 8.51. The van der Waals surface area contributed by atoms with E-state index >= 15 is 0 Å². The number of carboxylic acids is 1. The number of carboxylic acid groups (broad SMARTS) is 1. The summed E-state index contributed by atoms with van der Waals surface area (Å²) in [4.78, 5) is 19.3. The fourth-order valence-electron chi connectivity index (χ4n) is 2.29. The molecule has 5 nitrogen and oxygen atoms in total. The number of carbonyl (C=O) groups is 1. The fourth-order valence-corrected chi connectivity index (χ4v) is 2.29. The van der Waals surface area contributed by atoms with Crippen LogP contribution in [0.3, 0.4) is 0 Å². The van der Waals surface area contributed by atoms with Gasteiger partial charge in [0.15, 0.2) is 0 Å². The molecule has 112 valence electrons. The monoisotopic (exact) mass is 279 g/mol. The molecule has 0 aliphatic heterocycles. The van der Waals surface area contributed by atoms with E-state index in [0.29, 0.717) is 12.5 Å². The largest absolute Gasteiger partial charge is 0.481 e. The lowest BCUT2D eigenvalue weighted by atomic mass is 9.94. The summed E-state index contributed by atoms with van der Waals surface area (Å²) in [6.07, 6.45) is 4.62. The Bertz CT molecular complexity index is 421. The normalized spacial score (nSPS) is 12.4. The van der Waals surface area contributed by atoms with Gasteiger partial charge in [0, 0.05) is 24.7 Å². The van der Waals surface area contributed by atoms with Crippen LogP contribution in [-0.4, -0.2) is 27.6 Å². The van der Waals surface area contributed by atoms with Crippen molar-refractivity contribution in [2.24, 2.45) is 11.8 Å². The number of nitrogens with one attached hydrogen (secondary N) is 1. The molecule has 0 aliphatic rings. The summed E-state index contributed by atoms with van der Waals surface area (Å²) >= 11 is 0. The molecule has 5 heteroatoms. The maximum Gasteiger partial charge on any atom is 0.303 e. The number of aromatic nitrogens is 2. The van der Waals surface area contributed by atoms with Gasteiger partial charge >= 0.3 is 5.97 Å². The predicted molar refractivity (Wildman–Crippen MR) is 79.7 cm³/mol. The molecule has 1 heterocycles. The molecule has 1 atom stereocenters. The van der Waals surface area contributed by atoms with Gasteiger partial charge in [-0.05, 0) is 24.7 Å². The second-order valence-electron chi connectivity index (χ2n) is 5.62. The molecule has 0 spiro atoms. The lowest BCUT2D eigenvalue weighted by molar-refractivity contribution is -0.138. The Morgan fingerprint density at radius 1 is 1.40 bits per heavy atom. The molecule has 0 radical (unpaired) electrons. The highest BCUT2D eigenvalue weighted by molar-refractivity contribution is 5.67. The molecule has 1 unspecified atom stereocenters. The van der Waals surface area contributed by atoms with Crippen molar-refractivity contribution < 1.29 is 9.90 Å². The van der Waals surface area contributed by atoms with Crippen molar-refractivity contribution in [2.45, 2.75) is 46.5 Å². The molecular weight excluding hydrogens is 254 g/mol. The van der Waals surface area contributed by atoms with Gasteiger partial charge in [0.05, 0.1) is 0 Å². The van der Waals surface area contributed by atoms with Crippen molar-refractivity contribution in [3.63, 3.8) is 0 Å². The van der Waals surface area contributed by atoms with E-state index in [1.165, 1.54) is 0 Å². The Hall–Kier alpha value is -1.65. The van der Waals surface area contributed by atoms with Crippen LogP contribution in [0.4, 0.5) is 5.82 Å². The van der Waals surface area contributed by atoms with Gasteiger partial charge in [-0.25, -0.2) is 9.97 Å². The Morgan fingerprint density at radius 3 is 2.75 bits per heavy atom. The molecule has 1 aromatic rings. The van der Waals surface area contributed by atoms with Crippen LogP contribution in [0.15, 0.2) is 12.4 Å². The summed E-state index contributed by atoms with van der Waals surface area (Å²) in [7, 11) is 0. The number of hydrogen-bond donors (Lipinski definition) is 2. The van der Waals surface area contributed by atoms with Gasteiger partial charge in [0.2, 0.25) is 0 Å². The molecule has 2 N–H and O–H groups in total. The van der Waals surface area contributed by atoms with E-state index in [2.05, 4.69) is 36.1 Å². The van der Waals surface area contributed by atoms with Crippen molar-refractivity contribution in [3.8, 4) is 0 Å². The molecule has 0 saturated carbocycles. The van der Waals surface area contributed by atoms with E-state index in [-0.39, 0.29) is 12.3 Å². The molecule has 0 saturated heterocycles. The van der Waals surface area contributed by atoms with Crippen LogP contribution in [0.5, 0.6) is 0 Å². The number of nitrogens with zero attached hydrogens (tertiary/aromatic N) is 2. The minimum absolute atomic E-state index is 0.122. The standard InChI is InChI=1S/C15H25N3O2/c1-4-5-13-8-14(18-10-17-13)16-9-12(6-11(2)3)7-15(19)20/h8,10-12H,4-7,9H2,1-3H3,(H,19,20)(H,16,17,18). The first-order chi connectivity index (χ1) is 9.51. The number of hydrogen-bond acceptors (Lipinski definition) is 4. The molecule has 1 aromatic heterocycles. The Kier molecular flexibility index (Phi) is 6.98. The number of aryl methyl sites for hydroxylation is 1. The molecular formula is C15H25N3O2. The Morgan fingerprint density at radius 2 is 2.15 bits per heavy atom.